The Morgan fingerprint density at radius 3 is 2.79 bits per heavy atom. The zero-order valence-electron chi connectivity index (χ0n) is 14.8. The monoisotopic (exact) mass is 406 g/mol. The Labute approximate surface area is 163 Å². The average Bonchev–Trinajstić information content (AvgIpc) is 3.18. The third-order valence-electron chi connectivity index (χ3n) is 3.97. The number of halogens is 2. The molecule has 1 amide bonds. The minimum Gasteiger partial charge on any atom is -0.358 e. The Kier molecular flexibility index (Phi) is 5.69. The number of anilines is 1. The van der Waals surface area contributed by atoms with Crippen molar-refractivity contribution in [2.75, 3.05) is 5.32 Å². The molecule has 1 N–H and O–H groups in total. The zero-order chi connectivity index (χ0) is 20.3. The largest absolute Gasteiger partial charge is 0.390 e. The van der Waals surface area contributed by atoms with Crippen LogP contribution in [0.25, 0.3) is 0 Å². The summed E-state index contributed by atoms with van der Waals surface area (Å²) < 4.78 is 16.6. The molecule has 0 aliphatic carbocycles. The van der Waals surface area contributed by atoms with E-state index < -0.39 is 4.92 Å². The molecule has 0 bridgehead atoms. The maximum absolute atomic E-state index is 13.7. The molecule has 3 rings (SSSR count). The van der Waals surface area contributed by atoms with Gasteiger partial charge in [-0.05, 0) is 17.9 Å². The third-order valence-corrected chi connectivity index (χ3v) is 4.25. The van der Waals surface area contributed by atoms with E-state index in [-0.39, 0.29) is 47.9 Å². The molecular formula is C17H16ClFN6O3. The molecule has 0 atom stereocenters. The van der Waals surface area contributed by atoms with Gasteiger partial charge < -0.3 is 15.4 Å². The van der Waals surface area contributed by atoms with Gasteiger partial charge in [0, 0.05) is 18.2 Å². The summed E-state index contributed by atoms with van der Waals surface area (Å²) >= 11 is 6.09. The summed E-state index contributed by atoms with van der Waals surface area (Å²) in [5.74, 6) is -0.849. The molecule has 0 saturated carbocycles. The maximum Gasteiger partial charge on any atom is 0.390 e. The van der Waals surface area contributed by atoms with Crippen molar-refractivity contribution in [2.45, 2.75) is 26.4 Å². The van der Waals surface area contributed by atoms with Crippen molar-refractivity contribution < 1.29 is 14.1 Å². The molecule has 9 nitrogen and oxygen atoms in total. The van der Waals surface area contributed by atoms with Crippen molar-refractivity contribution in [2.24, 2.45) is 0 Å². The molecule has 0 fully saturated rings. The highest BCUT2D eigenvalue weighted by atomic mass is 35.5. The predicted molar refractivity (Wildman–Crippen MR) is 99.6 cm³/mol. The SMILES string of the molecule is Cc1cc([N+](=O)[O-])nn1CCC(=O)Nc1nn(Cc2ccccc2F)cc1Cl. The molecule has 11 heteroatoms. The van der Waals surface area contributed by atoms with Crippen molar-refractivity contribution in [1.29, 1.82) is 0 Å². The third kappa shape index (κ3) is 4.52. The molecule has 2 heterocycles. The Morgan fingerprint density at radius 2 is 2.11 bits per heavy atom. The number of aromatic nitrogens is 4. The van der Waals surface area contributed by atoms with E-state index in [1.54, 1.807) is 25.1 Å². The number of nitrogens with zero attached hydrogens (tertiary/aromatic N) is 5. The fourth-order valence-electron chi connectivity index (χ4n) is 2.57. The second-order valence-corrected chi connectivity index (χ2v) is 6.44. The van der Waals surface area contributed by atoms with Crippen LogP contribution in [-0.2, 0) is 17.9 Å². The van der Waals surface area contributed by atoms with Crippen LogP contribution in [0.4, 0.5) is 16.0 Å². The lowest BCUT2D eigenvalue weighted by atomic mass is 10.2. The molecule has 1 aromatic carbocycles. The molecule has 0 saturated heterocycles. The lowest BCUT2D eigenvalue weighted by Crippen LogP contribution is -2.16. The summed E-state index contributed by atoms with van der Waals surface area (Å²) in [6, 6.07) is 7.63. The van der Waals surface area contributed by atoms with Crippen LogP contribution in [-0.4, -0.2) is 30.4 Å². The molecule has 146 valence electrons. The van der Waals surface area contributed by atoms with Crippen molar-refractivity contribution in [3.8, 4) is 0 Å². The Morgan fingerprint density at radius 1 is 1.36 bits per heavy atom. The van der Waals surface area contributed by atoms with E-state index in [2.05, 4.69) is 15.5 Å². The van der Waals surface area contributed by atoms with Gasteiger partial charge in [-0.25, -0.2) is 4.39 Å². The highest BCUT2D eigenvalue weighted by Gasteiger charge is 2.17. The van der Waals surface area contributed by atoms with Crippen molar-refractivity contribution in [1.82, 2.24) is 19.6 Å². The van der Waals surface area contributed by atoms with Crippen LogP contribution in [0.3, 0.4) is 0 Å². The summed E-state index contributed by atoms with van der Waals surface area (Å²) in [4.78, 5) is 22.3. The molecule has 0 spiro atoms. The fraction of sp³-hybridized carbons (Fsp3) is 0.235. The first-order valence-corrected chi connectivity index (χ1v) is 8.66. The van der Waals surface area contributed by atoms with Gasteiger partial charge in [-0.3, -0.25) is 9.48 Å². The average molecular weight is 407 g/mol. The number of nitrogens with one attached hydrogen (secondary N) is 1. The standard InChI is InChI=1S/C17H16ClFN6O3/c1-11-8-15(25(27)28)21-24(11)7-6-16(26)20-17-13(18)10-23(22-17)9-12-4-2-3-5-14(12)19/h2-5,8,10H,6-7,9H2,1H3,(H,20,22,26). The van der Waals surface area contributed by atoms with Crippen LogP contribution in [0.2, 0.25) is 5.02 Å². The second kappa shape index (κ2) is 8.17. The Balaban J connectivity index is 1.61. The van der Waals surface area contributed by atoms with E-state index in [4.69, 9.17) is 11.6 Å². The first-order valence-electron chi connectivity index (χ1n) is 8.28. The molecule has 28 heavy (non-hydrogen) atoms. The van der Waals surface area contributed by atoms with Crippen molar-refractivity contribution >= 4 is 29.1 Å². The number of rotatable bonds is 7. The lowest BCUT2D eigenvalue weighted by Gasteiger charge is -2.04. The topological polar surface area (TPSA) is 108 Å². The summed E-state index contributed by atoms with van der Waals surface area (Å²) in [5, 5.41) is 21.5. The molecule has 0 aliphatic heterocycles. The van der Waals surface area contributed by atoms with Gasteiger partial charge in [0.15, 0.2) is 5.82 Å². The van der Waals surface area contributed by atoms with Crippen LogP contribution in [0.15, 0.2) is 36.5 Å². The molecule has 0 aliphatic rings. The smallest absolute Gasteiger partial charge is 0.358 e. The van der Waals surface area contributed by atoms with E-state index in [1.807, 2.05) is 0 Å². The van der Waals surface area contributed by atoms with Crippen LogP contribution in [0, 0.1) is 22.9 Å². The number of aryl methyl sites for hydroxylation is 2. The van der Waals surface area contributed by atoms with Gasteiger partial charge in [0.2, 0.25) is 5.91 Å². The second-order valence-electron chi connectivity index (χ2n) is 6.04. The van der Waals surface area contributed by atoms with Gasteiger partial charge in [-0.1, -0.05) is 29.8 Å². The van der Waals surface area contributed by atoms with Gasteiger partial charge in [0.1, 0.15) is 10.8 Å². The van der Waals surface area contributed by atoms with Crippen LogP contribution in [0.5, 0.6) is 0 Å². The summed E-state index contributed by atoms with van der Waals surface area (Å²) in [6.45, 7) is 2.00. The van der Waals surface area contributed by atoms with E-state index in [9.17, 15) is 19.3 Å². The van der Waals surface area contributed by atoms with Gasteiger partial charge in [-0.2, -0.15) is 9.78 Å². The van der Waals surface area contributed by atoms with E-state index >= 15 is 0 Å². The van der Waals surface area contributed by atoms with E-state index in [1.165, 1.54) is 27.7 Å². The molecule has 3 aromatic rings. The lowest BCUT2D eigenvalue weighted by molar-refractivity contribution is -0.389. The number of hydrogen-bond donors (Lipinski definition) is 1. The van der Waals surface area contributed by atoms with Crippen molar-refractivity contribution in [3.63, 3.8) is 0 Å². The highest BCUT2D eigenvalue weighted by Crippen LogP contribution is 2.21. The molecule has 2 aromatic heterocycles. The number of carbonyl (C=O) groups is 1. The van der Waals surface area contributed by atoms with Crippen molar-refractivity contribution in [3.05, 3.63) is 68.7 Å². The number of amides is 1. The normalized spacial score (nSPS) is 10.8. The zero-order valence-corrected chi connectivity index (χ0v) is 15.6. The summed E-state index contributed by atoms with van der Waals surface area (Å²) in [7, 11) is 0. The summed E-state index contributed by atoms with van der Waals surface area (Å²) in [6.07, 6.45) is 1.51. The van der Waals surface area contributed by atoms with Gasteiger partial charge >= 0.3 is 5.82 Å². The quantitative estimate of drug-likeness (QED) is 0.479. The van der Waals surface area contributed by atoms with Gasteiger partial charge in [0.25, 0.3) is 0 Å². The number of benzene rings is 1. The first-order chi connectivity index (χ1) is 13.3. The molecule has 0 unspecified atom stereocenters. The van der Waals surface area contributed by atoms with E-state index in [0.717, 1.165) is 0 Å². The highest BCUT2D eigenvalue weighted by molar-refractivity contribution is 6.33. The predicted octanol–water partition coefficient (Wildman–Crippen LogP) is 3.17. The van der Waals surface area contributed by atoms with Crippen LogP contribution < -0.4 is 5.32 Å². The summed E-state index contributed by atoms with van der Waals surface area (Å²) in [5.41, 5.74) is 1.02. The number of carbonyl (C=O) groups excluding carboxylic acids is 1. The molecular weight excluding hydrogens is 391 g/mol. The number of nitro groups is 1. The van der Waals surface area contributed by atoms with E-state index in [0.29, 0.717) is 11.3 Å². The first kappa shape index (κ1) is 19.5. The minimum absolute atomic E-state index is 0.0240. The maximum atomic E-state index is 13.7. The fourth-order valence-corrected chi connectivity index (χ4v) is 2.77. The van der Waals surface area contributed by atoms with Crippen LogP contribution >= 0.6 is 11.6 Å². The Hall–Kier alpha value is -3.27. The van der Waals surface area contributed by atoms with Crippen LogP contribution in [0.1, 0.15) is 17.7 Å². The van der Waals surface area contributed by atoms with Gasteiger partial charge in [0.05, 0.1) is 29.9 Å². The number of hydrogen-bond acceptors (Lipinski definition) is 5. The Bertz CT molecular complexity index is 1030. The van der Waals surface area contributed by atoms with Gasteiger partial charge in [-0.15, -0.1) is 0 Å². The molecule has 0 radical (unpaired) electrons. The minimum atomic E-state index is -0.592.